The highest BCUT2D eigenvalue weighted by molar-refractivity contribution is 5.06. The van der Waals surface area contributed by atoms with E-state index in [9.17, 15) is 0 Å². The van der Waals surface area contributed by atoms with Crippen molar-refractivity contribution < 1.29 is 4.42 Å². The number of nitrogens with two attached hydrogens (primary N) is 1. The minimum atomic E-state index is -0.0968. The predicted molar refractivity (Wildman–Crippen MR) is 54.9 cm³/mol. The third kappa shape index (κ3) is 1.69. The number of aromatic nitrogens is 1. The van der Waals surface area contributed by atoms with Gasteiger partial charge in [-0.2, -0.15) is 0 Å². The minimum absolute atomic E-state index is 0.0968. The van der Waals surface area contributed by atoms with Gasteiger partial charge >= 0.3 is 0 Å². The molecule has 2 rings (SSSR count). The zero-order valence-electron chi connectivity index (χ0n) is 8.86. The van der Waals surface area contributed by atoms with Crippen molar-refractivity contribution in [3.05, 3.63) is 17.8 Å². The third-order valence-corrected chi connectivity index (χ3v) is 3.16. The molecule has 0 radical (unpaired) electrons. The lowest BCUT2D eigenvalue weighted by atomic mass is 9.96. The van der Waals surface area contributed by atoms with Crippen molar-refractivity contribution in [3.8, 4) is 0 Å². The van der Waals surface area contributed by atoms with Crippen LogP contribution in [0.2, 0.25) is 0 Å². The van der Waals surface area contributed by atoms with Crippen LogP contribution in [0.1, 0.15) is 56.7 Å². The van der Waals surface area contributed by atoms with Crippen molar-refractivity contribution in [2.75, 3.05) is 0 Å². The molecule has 14 heavy (non-hydrogen) atoms. The summed E-state index contributed by atoms with van der Waals surface area (Å²) in [4.78, 5) is 4.20. The summed E-state index contributed by atoms with van der Waals surface area (Å²) in [6.45, 7) is 4.18. The molecule has 1 heterocycles. The highest BCUT2D eigenvalue weighted by atomic mass is 16.4. The van der Waals surface area contributed by atoms with Gasteiger partial charge in [0, 0.05) is 5.92 Å². The monoisotopic (exact) mass is 194 g/mol. The normalized spacial score (nSPS) is 29.4. The maximum Gasteiger partial charge on any atom is 0.211 e. The van der Waals surface area contributed by atoms with Gasteiger partial charge in [-0.15, -0.1) is 0 Å². The van der Waals surface area contributed by atoms with Crippen LogP contribution in [0.4, 0.5) is 0 Å². The summed E-state index contributed by atoms with van der Waals surface area (Å²) >= 11 is 0. The fourth-order valence-electron chi connectivity index (χ4n) is 2.25. The van der Waals surface area contributed by atoms with Gasteiger partial charge in [0.25, 0.3) is 0 Å². The maximum atomic E-state index is 5.70. The van der Waals surface area contributed by atoms with E-state index in [1.54, 1.807) is 0 Å². The Hall–Kier alpha value is -0.830. The van der Waals surface area contributed by atoms with Crippen molar-refractivity contribution in [2.24, 2.45) is 11.7 Å². The van der Waals surface area contributed by atoms with Crippen LogP contribution in [-0.2, 0) is 0 Å². The molecular weight excluding hydrogens is 176 g/mol. The van der Waals surface area contributed by atoms with Gasteiger partial charge in [0.15, 0.2) is 0 Å². The van der Waals surface area contributed by atoms with Crippen LogP contribution in [0.3, 0.4) is 0 Å². The highest BCUT2D eigenvalue weighted by Gasteiger charge is 2.28. The van der Waals surface area contributed by atoms with E-state index in [0.717, 1.165) is 11.7 Å². The van der Waals surface area contributed by atoms with E-state index >= 15 is 0 Å². The van der Waals surface area contributed by atoms with Crippen molar-refractivity contribution in [1.82, 2.24) is 4.98 Å². The van der Waals surface area contributed by atoms with Crippen molar-refractivity contribution >= 4 is 0 Å². The molecule has 1 aromatic heterocycles. The van der Waals surface area contributed by atoms with Gasteiger partial charge in [-0.3, -0.25) is 0 Å². The average Bonchev–Trinajstić information content (AvgIpc) is 2.71. The molecule has 0 aliphatic heterocycles. The number of oxazole rings is 1. The highest BCUT2D eigenvalue weighted by Crippen LogP contribution is 2.39. The summed E-state index contributed by atoms with van der Waals surface area (Å²) in [5.41, 5.74) is 5.70. The molecule has 0 bridgehead atoms. The van der Waals surface area contributed by atoms with Crippen LogP contribution in [0, 0.1) is 5.92 Å². The molecule has 0 saturated heterocycles. The second-order valence-corrected chi connectivity index (χ2v) is 4.40. The standard InChI is InChI=1S/C11H18N2O/c1-7-4-3-5-9(7)10-6-13-11(14-10)8(2)12/h6-9H,3-5,12H2,1-2H3. The zero-order chi connectivity index (χ0) is 10.1. The van der Waals surface area contributed by atoms with Crippen LogP contribution in [0.5, 0.6) is 0 Å². The lowest BCUT2D eigenvalue weighted by Gasteiger charge is -2.11. The maximum absolute atomic E-state index is 5.70. The molecule has 2 N–H and O–H groups in total. The minimum Gasteiger partial charge on any atom is -0.444 e. The molecule has 0 aromatic carbocycles. The molecule has 3 nitrogen and oxygen atoms in total. The Morgan fingerprint density at radius 1 is 1.57 bits per heavy atom. The van der Waals surface area contributed by atoms with Gasteiger partial charge in [0.1, 0.15) is 5.76 Å². The Kier molecular flexibility index (Phi) is 2.59. The smallest absolute Gasteiger partial charge is 0.211 e. The molecule has 1 aliphatic carbocycles. The molecule has 0 amide bonds. The first-order valence-electron chi connectivity index (χ1n) is 5.39. The second-order valence-electron chi connectivity index (χ2n) is 4.40. The van der Waals surface area contributed by atoms with E-state index in [2.05, 4.69) is 11.9 Å². The van der Waals surface area contributed by atoms with Crippen LogP contribution in [-0.4, -0.2) is 4.98 Å². The number of nitrogens with zero attached hydrogens (tertiary/aromatic N) is 1. The van der Waals surface area contributed by atoms with Crippen LogP contribution in [0.15, 0.2) is 10.6 Å². The Morgan fingerprint density at radius 3 is 2.86 bits per heavy atom. The molecule has 0 spiro atoms. The quantitative estimate of drug-likeness (QED) is 0.787. The Morgan fingerprint density at radius 2 is 2.36 bits per heavy atom. The Labute approximate surface area is 84.7 Å². The molecular formula is C11H18N2O. The Balaban J connectivity index is 2.16. The molecule has 3 heteroatoms. The van der Waals surface area contributed by atoms with Gasteiger partial charge in [0.2, 0.25) is 5.89 Å². The van der Waals surface area contributed by atoms with Crippen molar-refractivity contribution in [3.63, 3.8) is 0 Å². The summed E-state index contributed by atoms with van der Waals surface area (Å²) in [7, 11) is 0. The fourth-order valence-corrected chi connectivity index (χ4v) is 2.25. The first-order chi connectivity index (χ1) is 6.68. The number of rotatable bonds is 2. The summed E-state index contributed by atoms with van der Waals surface area (Å²) in [6.07, 6.45) is 5.69. The van der Waals surface area contributed by atoms with E-state index in [0.29, 0.717) is 11.8 Å². The molecule has 1 fully saturated rings. The van der Waals surface area contributed by atoms with Crippen LogP contribution < -0.4 is 5.73 Å². The number of hydrogen-bond acceptors (Lipinski definition) is 3. The van der Waals surface area contributed by atoms with E-state index in [1.165, 1.54) is 19.3 Å². The van der Waals surface area contributed by atoms with Gasteiger partial charge in [-0.1, -0.05) is 13.3 Å². The largest absolute Gasteiger partial charge is 0.444 e. The second kappa shape index (κ2) is 3.73. The molecule has 1 aromatic rings. The Bertz CT molecular complexity index is 306. The van der Waals surface area contributed by atoms with Crippen LogP contribution in [0.25, 0.3) is 0 Å². The van der Waals surface area contributed by atoms with E-state index in [4.69, 9.17) is 10.2 Å². The molecule has 78 valence electrons. The first kappa shape index (κ1) is 9.71. The zero-order valence-corrected chi connectivity index (χ0v) is 8.86. The molecule has 3 atom stereocenters. The summed E-state index contributed by atoms with van der Waals surface area (Å²) in [5.74, 6) is 2.99. The van der Waals surface area contributed by atoms with E-state index in [-0.39, 0.29) is 6.04 Å². The first-order valence-corrected chi connectivity index (χ1v) is 5.39. The van der Waals surface area contributed by atoms with Crippen LogP contribution >= 0.6 is 0 Å². The van der Waals surface area contributed by atoms with Gasteiger partial charge in [0.05, 0.1) is 12.2 Å². The van der Waals surface area contributed by atoms with Crippen molar-refractivity contribution in [1.29, 1.82) is 0 Å². The van der Waals surface area contributed by atoms with Gasteiger partial charge in [-0.05, 0) is 25.7 Å². The summed E-state index contributed by atoms with van der Waals surface area (Å²) < 4.78 is 5.66. The summed E-state index contributed by atoms with van der Waals surface area (Å²) in [5, 5.41) is 0. The van der Waals surface area contributed by atoms with Gasteiger partial charge < -0.3 is 10.2 Å². The summed E-state index contributed by atoms with van der Waals surface area (Å²) in [6, 6.07) is -0.0968. The van der Waals surface area contributed by atoms with Gasteiger partial charge in [-0.25, -0.2) is 4.98 Å². The third-order valence-electron chi connectivity index (χ3n) is 3.16. The molecule has 1 aliphatic rings. The lowest BCUT2D eigenvalue weighted by Crippen LogP contribution is -2.05. The number of hydrogen-bond donors (Lipinski definition) is 1. The van der Waals surface area contributed by atoms with E-state index < -0.39 is 0 Å². The molecule has 1 saturated carbocycles. The topological polar surface area (TPSA) is 52.0 Å². The molecule has 3 unspecified atom stereocenters. The fraction of sp³-hybridized carbons (Fsp3) is 0.727. The van der Waals surface area contributed by atoms with E-state index in [1.807, 2.05) is 13.1 Å². The predicted octanol–water partition coefficient (Wildman–Crippen LogP) is 2.60. The average molecular weight is 194 g/mol. The SMILES string of the molecule is CC(N)c1ncc(C2CCCC2C)o1. The van der Waals surface area contributed by atoms with Crippen molar-refractivity contribution in [2.45, 2.75) is 45.1 Å². The lowest BCUT2D eigenvalue weighted by molar-refractivity contribution is 0.377.